The third kappa shape index (κ3) is 5.49. The minimum Gasteiger partial charge on any atom is -0.494 e. The zero-order valence-electron chi connectivity index (χ0n) is 18.8. The molecule has 0 radical (unpaired) electrons. The fourth-order valence-corrected chi connectivity index (χ4v) is 4.97. The molecule has 0 spiro atoms. The summed E-state index contributed by atoms with van der Waals surface area (Å²) in [6, 6.07) is 11.0. The van der Waals surface area contributed by atoms with E-state index in [1.54, 1.807) is 23.6 Å². The highest BCUT2D eigenvalue weighted by Crippen LogP contribution is 2.24. The van der Waals surface area contributed by atoms with Gasteiger partial charge in [-0.1, -0.05) is 11.3 Å². The number of carbonyl (C=O) groups excluding carboxylic acids is 2. The first kappa shape index (κ1) is 24.6. The molecule has 0 fully saturated rings. The predicted molar refractivity (Wildman–Crippen MR) is 125 cm³/mol. The van der Waals surface area contributed by atoms with Gasteiger partial charge in [0.15, 0.2) is 4.80 Å². The Hall–Kier alpha value is -3.02. The largest absolute Gasteiger partial charge is 0.494 e. The van der Waals surface area contributed by atoms with Crippen molar-refractivity contribution in [1.82, 2.24) is 8.87 Å². The van der Waals surface area contributed by atoms with E-state index < -0.39 is 21.9 Å². The number of hydrogen-bond donors (Lipinski definition) is 0. The Labute approximate surface area is 195 Å². The molecule has 3 aromatic rings. The van der Waals surface area contributed by atoms with E-state index in [2.05, 4.69) is 4.99 Å². The number of esters is 1. The van der Waals surface area contributed by atoms with Crippen LogP contribution in [-0.2, 0) is 26.1 Å². The molecule has 2 aromatic carbocycles. The van der Waals surface area contributed by atoms with Gasteiger partial charge in [-0.15, -0.1) is 0 Å². The minimum atomic E-state index is -3.60. The second-order valence-corrected chi connectivity index (χ2v) is 10.2. The average molecular weight is 492 g/mol. The number of nitrogens with zero attached hydrogens (tertiary/aromatic N) is 3. The molecule has 0 aliphatic carbocycles. The van der Waals surface area contributed by atoms with Gasteiger partial charge < -0.3 is 14.0 Å². The van der Waals surface area contributed by atoms with Crippen LogP contribution >= 0.6 is 11.3 Å². The van der Waals surface area contributed by atoms with Crippen LogP contribution in [0.3, 0.4) is 0 Å². The number of hydrogen-bond acceptors (Lipinski definition) is 7. The van der Waals surface area contributed by atoms with Gasteiger partial charge in [0.25, 0.3) is 5.91 Å². The number of benzene rings is 2. The van der Waals surface area contributed by atoms with E-state index in [1.165, 1.54) is 49.7 Å². The zero-order chi connectivity index (χ0) is 24.2. The summed E-state index contributed by atoms with van der Waals surface area (Å²) in [6.07, 6.45) is 0. The molecule has 33 heavy (non-hydrogen) atoms. The van der Waals surface area contributed by atoms with Crippen LogP contribution in [0, 0.1) is 0 Å². The summed E-state index contributed by atoms with van der Waals surface area (Å²) in [5.41, 5.74) is 0.943. The summed E-state index contributed by atoms with van der Waals surface area (Å²) in [7, 11) is -0.734. The lowest BCUT2D eigenvalue weighted by molar-refractivity contribution is -0.143. The van der Waals surface area contributed by atoms with E-state index in [-0.39, 0.29) is 23.6 Å². The lowest BCUT2D eigenvalue weighted by Gasteiger charge is -2.11. The number of aromatic nitrogens is 1. The standard InChI is InChI=1S/C22H25N3O6S2/c1-5-30-16-9-12-18-19(13-16)32-22(25(18)14-20(26)31-6-2)23-21(27)15-7-10-17(11-8-15)33(28,29)24(3)4/h7-13H,5-6,14H2,1-4H3. The van der Waals surface area contributed by atoms with Crippen LogP contribution in [0.15, 0.2) is 52.4 Å². The second kappa shape index (κ2) is 10.3. The van der Waals surface area contributed by atoms with E-state index in [0.717, 1.165) is 14.5 Å². The molecule has 9 nitrogen and oxygen atoms in total. The molecular weight excluding hydrogens is 466 g/mol. The number of carbonyl (C=O) groups is 2. The van der Waals surface area contributed by atoms with Gasteiger partial charge in [0.05, 0.1) is 28.3 Å². The van der Waals surface area contributed by atoms with Crippen LogP contribution in [0.2, 0.25) is 0 Å². The smallest absolute Gasteiger partial charge is 0.326 e. The Bertz CT molecular complexity index is 1340. The topological polar surface area (TPSA) is 107 Å². The van der Waals surface area contributed by atoms with Crippen molar-refractivity contribution >= 4 is 43.5 Å². The molecule has 0 bridgehead atoms. The molecule has 0 aliphatic rings. The maximum Gasteiger partial charge on any atom is 0.326 e. The van der Waals surface area contributed by atoms with E-state index in [0.29, 0.717) is 17.2 Å². The first-order valence-corrected chi connectivity index (χ1v) is 12.5. The second-order valence-electron chi connectivity index (χ2n) is 7.07. The van der Waals surface area contributed by atoms with E-state index >= 15 is 0 Å². The average Bonchev–Trinajstić information content (AvgIpc) is 3.10. The number of thiazole rings is 1. The van der Waals surface area contributed by atoms with Crippen molar-refractivity contribution in [3.8, 4) is 5.75 Å². The highest BCUT2D eigenvalue weighted by atomic mass is 32.2. The van der Waals surface area contributed by atoms with Crippen LogP contribution in [0.1, 0.15) is 24.2 Å². The van der Waals surface area contributed by atoms with Crippen molar-refractivity contribution < 1.29 is 27.5 Å². The summed E-state index contributed by atoms with van der Waals surface area (Å²) in [6.45, 7) is 4.25. The van der Waals surface area contributed by atoms with Crippen molar-refractivity contribution in [2.75, 3.05) is 27.3 Å². The number of fused-ring (bicyclic) bond motifs is 1. The Kier molecular flexibility index (Phi) is 7.67. The van der Waals surface area contributed by atoms with Crippen LogP contribution in [0.5, 0.6) is 5.75 Å². The monoisotopic (exact) mass is 491 g/mol. The molecule has 0 N–H and O–H groups in total. The zero-order valence-corrected chi connectivity index (χ0v) is 20.4. The van der Waals surface area contributed by atoms with Crippen LogP contribution in [0.25, 0.3) is 10.2 Å². The maximum atomic E-state index is 12.8. The number of rotatable bonds is 8. The fourth-order valence-electron chi connectivity index (χ4n) is 3.02. The van der Waals surface area contributed by atoms with Crippen LogP contribution < -0.4 is 9.54 Å². The van der Waals surface area contributed by atoms with E-state index in [9.17, 15) is 18.0 Å². The molecule has 3 rings (SSSR count). The molecule has 1 amide bonds. The molecular formula is C22H25N3O6S2. The normalized spacial score (nSPS) is 12.3. The van der Waals surface area contributed by atoms with Gasteiger partial charge in [-0.3, -0.25) is 9.59 Å². The van der Waals surface area contributed by atoms with Gasteiger partial charge in [0.1, 0.15) is 12.3 Å². The van der Waals surface area contributed by atoms with Gasteiger partial charge in [0, 0.05) is 19.7 Å². The van der Waals surface area contributed by atoms with Crippen molar-refractivity contribution in [2.45, 2.75) is 25.3 Å². The molecule has 1 aromatic heterocycles. The third-order valence-electron chi connectivity index (χ3n) is 4.63. The first-order valence-electron chi connectivity index (χ1n) is 10.2. The van der Waals surface area contributed by atoms with Gasteiger partial charge in [-0.05, 0) is 56.3 Å². The predicted octanol–water partition coefficient (Wildman–Crippen LogP) is 2.66. The Morgan fingerprint density at radius 2 is 1.76 bits per heavy atom. The number of ether oxygens (including phenoxy) is 2. The first-order chi connectivity index (χ1) is 15.7. The summed E-state index contributed by atoms with van der Waals surface area (Å²) in [4.78, 5) is 29.6. The highest BCUT2D eigenvalue weighted by Gasteiger charge is 2.18. The van der Waals surface area contributed by atoms with E-state index in [1.807, 2.05) is 13.0 Å². The van der Waals surface area contributed by atoms with Crippen molar-refractivity contribution in [3.05, 3.63) is 52.8 Å². The van der Waals surface area contributed by atoms with Gasteiger partial charge in [-0.2, -0.15) is 4.99 Å². The Morgan fingerprint density at radius 3 is 2.36 bits per heavy atom. The van der Waals surface area contributed by atoms with Crippen molar-refractivity contribution in [1.29, 1.82) is 0 Å². The SMILES string of the molecule is CCOC(=O)Cn1c(=NC(=O)c2ccc(S(=O)(=O)N(C)C)cc2)sc2cc(OCC)ccc21. The molecule has 0 saturated carbocycles. The molecule has 0 aliphatic heterocycles. The Morgan fingerprint density at radius 1 is 1.06 bits per heavy atom. The maximum absolute atomic E-state index is 12.8. The van der Waals surface area contributed by atoms with Gasteiger partial charge in [-0.25, -0.2) is 12.7 Å². The number of sulfonamides is 1. The molecule has 1 heterocycles. The quantitative estimate of drug-likeness (QED) is 0.449. The summed E-state index contributed by atoms with van der Waals surface area (Å²) in [5.74, 6) is -0.332. The minimum absolute atomic E-state index is 0.0757. The fraction of sp³-hybridized carbons (Fsp3) is 0.318. The number of amides is 1. The lowest BCUT2D eigenvalue weighted by atomic mass is 10.2. The molecule has 176 valence electrons. The highest BCUT2D eigenvalue weighted by molar-refractivity contribution is 7.89. The lowest BCUT2D eigenvalue weighted by Crippen LogP contribution is -2.23. The van der Waals surface area contributed by atoms with Crippen molar-refractivity contribution in [3.63, 3.8) is 0 Å². The molecule has 0 atom stereocenters. The van der Waals surface area contributed by atoms with Crippen molar-refractivity contribution in [2.24, 2.45) is 4.99 Å². The summed E-state index contributed by atoms with van der Waals surface area (Å²) < 4.78 is 38.6. The van der Waals surface area contributed by atoms with Gasteiger partial charge in [0.2, 0.25) is 10.0 Å². The van der Waals surface area contributed by atoms with Crippen LogP contribution in [0.4, 0.5) is 0 Å². The molecule has 0 unspecified atom stereocenters. The molecule has 11 heteroatoms. The summed E-state index contributed by atoms with van der Waals surface area (Å²) in [5, 5.41) is 0. The van der Waals surface area contributed by atoms with E-state index in [4.69, 9.17) is 9.47 Å². The summed E-state index contributed by atoms with van der Waals surface area (Å²) >= 11 is 1.24. The van der Waals surface area contributed by atoms with Crippen LogP contribution in [-0.4, -0.2) is 56.5 Å². The Balaban J connectivity index is 2.04. The third-order valence-corrected chi connectivity index (χ3v) is 7.51. The van der Waals surface area contributed by atoms with Gasteiger partial charge >= 0.3 is 5.97 Å². The molecule has 0 saturated heterocycles.